The number of aryl methyl sites for hydroxylation is 2. The van der Waals surface area contributed by atoms with E-state index >= 15 is 0 Å². The molecule has 0 fully saturated rings. The number of hydrogen-bond acceptors (Lipinski definition) is 9. The quantitative estimate of drug-likeness (QED) is 0.142. The van der Waals surface area contributed by atoms with E-state index in [1.165, 1.54) is 20.9 Å². The van der Waals surface area contributed by atoms with Crippen molar-refractivity contribution >= 4 is 49.0 Å². The van der Waals surface area contributed by atoms with Crippen LogP contribution in [0.15, 0.2) is 58.3 Å². The molecule has 0 aliphatic rings. The fraction of sp³-hybridized carbons (Fsp3) is 0.500. The fourth-order valence-corrected chi connectivity index (χ4v) is 11.4. The van der Waals surface area contributed by atoms with E-state index < -0.39 is 17.6 Å². The lowest BCUT2D eigenvalue weighted by Gasteiger charge is -2.24. The van der Waals surface area contributed by atoms with Gasteiger partial charge in [-0.1, -0.05) is 36.4 Å². The first-order valence-electron chi connectivity index (χ1n) is 11.5. The van der Waals surface area contributed by atoms with E-state index in [0.717, 1.165) is 37.8 Å². The molecule has 196 valence electrons. The second-order valence-corrected chi connectivity index (χ2v) is 17.9. The van der Waals surface area contributed by atoms with Crippen LogP contribution in [-0.4, -0.2) is 60.3 Å². The van der Waals surface area contributed by atoms with Gasteiger partial charge in [0.1, 0.15) is 0 Å². The van der Waals surface area contributed by atoms with Crippen LogP contribution in [-0.2, 0) is 39.4 Å². The van der Waals surface area contributed by atoms with Gasteiger partial charge < -0.3 is 26.6 Å². The molecule has 2 rings (SSSR count). The zero-order valence-electron chi connectivity index (χ0n) is 21.5. The summed E-state index contributed by atoms with van der Waals surface area (Å²) in [5, 5.41) is 0. The maximum atomic E-state index is 5.56. The molecule has 0 radical (unpaired) electrons. The molecule has 0 aliphatic heterocycles. The van der Waals surface area contributed by atoms with Gasteiger partial charge in [-0.2, -0.15) is 0 Å². The Morgan fingerprint density at radius 1 is 0.543 bits per heavy atom. The maximum Gasteiger partial charge on any atom is 0.500 e. The summed E-state index contributed by atoms with van der Waals surface area (Å²) in [5.41, 5.74) is 2.68. The molecule has 0 atom stereocenters. The second kappa shape index (κ2) is 16.5. The molecule has 0 saturated carbocycles. The summed E-state index contributed by atoms with van der Waals surface area (Å²) in [6, 6.07) is 18.8. The van der Waals surface area contributed by atoms with E-state index in [-0.39, 0.29) is 0 Å². The van der Waals surface area contributed by atoms with E-state index in [0.29, 0.717) is 0 Å². The number of benzene rings is 2. The highest BCUT2D eigenvalue weighted by Gasteiger charge is 2.37. The number of hydrogen-bond donors (Lipinski definition) is 0. The van der Waals surface area contributed by atoms with Crippen molar-refractivity contribution in [1.29, 1.82) is 0 Å². The smallest absolute Gasteiger partial charge is 0.377 e. The van der Waals surface area contributed by atoms with Crippen LogP contribution in [0.25, 0.3) is 0 Å². The molecule has 0 amide bonds. The predicted octanol–water partition coefficient (Wildman–Crippen LogP) is 6.76. The van der Waals surface area contributed by atoms with Crippen molar-refractivity contribution in [2.45, 2.75) is 47.6 Å². The largest absolute Gasteiger partial charge is 0.500 e. The van der Waals surface area contributed by atoms with Crippen molar-refractivity contribution in [2.75, 3.05) is 42.7 Å². The van der Waals surface area contributed by atoms with Crippen LogP contribution in [0.3, 0.4) is 0 Å². The minimum Gasteiger partial charge on any atom is -0.377 e. The monoisotopic (exact) mass is 574 g/mol. The Kier molecular flexibility index (Phi) is 14.6. The standard InChI is InChI=1S/C24H38O6S3Si2/c1-25-34(26-2,27-3)19-11-15-21-13-7-9-17-23(21)31-33-32-24-18-10-8-14-22(24)16-12-20-35(28-4,29-5)30-6/h7-10,13-14,17-18H,11-12,15-16,19-20H2,1-6H3. The topological polar surface area (TPSA) is 55.4 Å². The zero-order chi connectivity index (χ0) is 25.6. The average molecular weight is 575 g/mol. The van der Waals surface area contributed by atoms with Crippen molar-refractivity contribution in [1.82, 2.24) is 0 Å². The molecule has 0 N–H and O–H groups in total. The van der Waals surface area contributed by atoms with Gasteiger partial charge in [0.15, 0.2) is 0 Å². The van der Waals surface area contributed by atoms with Gasteiger partial charge in [-0.3, -0.25) is 0 Å². The molecule has 0 spiro atoms. The lowest BCUT2D eigenvalue weighted by molar-refractivity contribution is 0.122. The highest BCUT2D eigenvalue weighted by Crippen LogP contribution is 2.46. The van der Waals surface area contributed by atoms with E-state index in [2.05, 4.69) is 48.5 Å². The molecule has 0 bridgehead atoms. The van der Waals surface area contributed by atoms with Gasteiger partial charge in [-0.15, -0.1) is 0 Å². The van der Waals surface area contributed by atoms with Crippen molar-refractivity contribution in [3.05, 3.63) is 59.7 Å². The average Bonchev–Trinajstić information content (AvgIpc) is 2.91. The van der Waals surface area contributed by atoms with Gasteiger partial charge in [0, 0.05) is 64.5 Å². The Morgan fingerprint density at radius 2 is 0.886 bits per heavy atom. The first kappa shape index (κ1) is 30.9. The molecule has 0 aromatic heterocycles. The Labute approximate surface area is 224 Å². The lowest BCUT2D eigenvalue weighted by Crippen LogP contribution is -2.42. The van der Waals surface area contributed by atoms with Crippen LogP contribution >= 0.6 is 31.4 Å². The van der Waals surface area contributed by atoms with E-state index in [1.54, 1.807) is 52.5 Å². The van der Waals surface area contributed by atoms with Crippen LogP contribution < -0.4 is 0 Å². The van der Waals surface area contributed by atoms with Crippen LogP contribution in [0.4, 0.5) is 0 Å². The Bertz CT molecular complexity index is 783. The van der Waals surface area contributed by atoms with Crippen molar-refractivity contribution in [3.63, 3.8) is 0 Å². The molecular weight excluding hydrogens is 537 g/mol. The predicted molar refractivity (Wildman–Crippen MR) is 152 cm³/mol. The van der Waals surface area contributed by atoms with Crippen molar-refractivity contribution in [2.24, 2.45) is 0 Å². The summed E-state index contributed by atoms with van der Waals surface area (Å²) in [6.07, 6.45) is 3.82. The Balaban J connectivity index is 1.92. The minimum absolute atomic E-state index is 0.796. The molecule has 0 aliphatic carbocycles. The molecule has 6 nitrogen and oxygen atoms in total. The molecule has 35 heavy (non-hydrogen) atoms. The van der Waals surface area contributed by atoms with Crippen LogP contribution in [0.5, 0.6) is 0 Å². The number of rotatable bonds is 18. The molecule has 2 aromatic rings. The van der Waals surface area contributed by atoms with Crippen LogP contribution in [0, 0.1) is 0 Å². The zero-order valence-corrected chi connectivity index (χ0v) is 26.0. The summed E-state index contributed by atoms with van der Waals surface area (Å²) >= 11 is 0. The first-order chi connectivity index (χ1) is 17.0. The SMILES string of the molecule is CO[Si](CCCc1ccccc1SSSc1ccccc1CCC[Si](OC)(OC)OC)(OC)OC. The first-order valence-corrected chi connectivity index (χ1v) is 18.8. The van der Waals surface area contributed by atoms with Gasteiger partial charge >= 0.3 is 17.6 Å². The van der Waals surface area contributed by atoms with Gasteiger partial charge in [-0.25, -0.2) is 0 Å². The highest BCUT2D eigenvalue weighted by molar-refractivity contribution is 9.09. The van der Waals surface area contributed by atoms with Crippen LogP contribution in [0.1, 0.15) is 24.0 Å². The summed E-state index contributed by atoms with van der Waals surface area (Å²) < 4.78 is 33.3. The van der Waals surface area contributed by atoms with Gasteiger partial charge in [-0.05, 0) is 80.4 Å². The third-order valence-corrected chi connectivity index (χ3v) is 15.6. The maximum absolute atomic E-state index is 5.56. The van der Waals surface area contributed by atoms with Crippen molar-refractivity contribution in [3.8, 4) is 0 Å². The summed E-state index contributed by atoms with van der Waals surface area (Å²) in [6.45, 7) is 0. The third kappa shape index (κ3) is 9.49. The van der Waals surface area contributed by atoms with Gasteiger partial charge in [0.25, 0.3) is 0 Å². The van der Waals surface area contributed by atoms with E-state index in [4.69, 9.17) is 26.6 Å². The normalized spacial score (nSPS) is 12.3. The highest BCUT2D eigenvalue weighted by atomic mass is 33.5. The molecule has 0 saturated heterocycles. The lowest BCUT2D eigenvalue weighted by atomic mass is 10.1. The van der Waals surface area contributed by atoms with Gasteiger partial charge in [0.05, 0.1) is 0 Å². The summed E-state index contributed by atoms with van der Waals surface area (Å²) in [4.78, 5) is 2.58. The summed E-state index contributed by atoms with van der Waals surface area (Å²) in [7, 11) is 10.3. The molecule has 2 aromatic carbocycles. The van der Waals surface area contributed by atoms with Gasteiger partial charge in [0.2, 0.25) is 0 Å². The van der Waals surface area contributed by atoms with Crippen LogP contribution in [0.2, 0.25) is 12.1 Å². The molecule has 0 unspecified atom stereocenters. The third-order valence-electron chi connectivity index (χ3n) is 5.92. The molecule has 0 heterocycles. The Hall–Kier alpha value is -0.316. The molecular formula is C24H38O6S3Si2. The Morgan fingerprint density at radius 3 is 1.23 bits per heavy atom. The second-order valence-electron chi connectivity index (χ2n) is 7.75. The van der Waals surface area contributed by atoms with E-state index in [1.807, 2.05) is 21.6 Å². The fourth-order valence-electron chi connectivity index (χ4n) is 3.78. The molecule has 11 heteroatoms. The van der Waals surface area contributed by atoms with E-state index in [9.17, 15) is 0 Å². The van der Waals surface area contributed by atoms with Crippen molar-refractivity contribution < 1.29 is 26.6 Å². The summed E-state index contributed by atoms with van der Waals surface area (Å²) in [5.74, 6) is 0. The minimum atomic E-state index is -2.53.